The van der Waals surface area contributed by atoms with Gasteiger partial charge in [0.05, 0.1) is 13.2 Å². The molecule has 0 spiro atoms. The standard InChI is InChI=1S/C14H29N3O/c1-3-13-12-17(5-4-14(13)15-2)7-6-16-8-10-18-11-9-16/h13-15H,3-12H2,1-2H3. The van der Waals surface area contributed by atoms with Gasteiger partial charge in [-0.2, -0.15) is 0 Å². The summed E-state index contributed by atoms with van der Waals surface area (Å²) < 4.78 is 5.39. The van der Waals surface area contributed by atoms with Gasteiger partial charge in [0.2, 0.25) is 0 Å². The fourth-order valence-corrected chi connectivity index (χ4v) is 3.21. The average molecular weight is 255 g/mol. The second kappa shape index (κ2) is 7.43. The molecule has 2 heterocycles. The summed E-state index contributed by atoms with van der Waals surface area (Å²) in [6.07, 6.45) is 2.59. The number of rotatable bonds is 5. The Kier molecular flexibility index (Phi) is 5.89. The van der Waals surface area contributed by atoms with Gasteiger partial charge in [0.1, 0.15) is 0 Å². The summed E-state index contributed by atoms with van der Waals surface area (Å²) in [5.41, 5.74) is 0. The van der Waals surface area contributed by atoms with Crippen LogP contribution in [0.5, 0.6) is 0 Å². The third-order valence-electron chi connectivity index (χ3n) is 4.55. The van der Waals surface area contributed by atoms with Crippen molar-refractivity contribution in [1.29, 1.82) is 0 Å². The SMILES string of the molecule is CCC1CN(CCN2CCOCC2)CCC1NC. The Labute approximate surface area is 112 Å². The molecule has 4 heteroatoms. The molecular weight excluding hydrogens is 226 g/mol. The van der Waals surface area contributed by atoms with E-state index in [1.807, 2.05) is 0 Å². The number of ether oxygens (including phenoxy) is 1. The zero-order valence-corrected chi connectivity index (χ0v) is 12.0. The lowest BCUT2D eigenvalue weighted by molar-refractivity contribution is 0.0295. The van der Waals surface area contributed by atoms with Crippen LogP contribution in [0.4, 0.5) is 0 Å². The maximum absolute atomic E-state index is 5.39. The van der Waals surface area contributed by atoms with Crippen molar-refractivity contribution in [3.05, 3.63) is 0 Å². The fourth-order valence-electron chi connectivity index (χ4n) is 3.21. The second-order valence-electron chi connectivity index (χ2n) is 5.61. The number of nitrogens with zero attached hydrogens (tertiary/aromatic N) is 2. The van der Waals surface area contributed by atoms with Crippen molar-refractivity contribution in [3.8, 4) is 0 Å². The van der Waals surface area contributed by atoms with Crippen LogP contribution in [0.25, 0.3) is 0 Å². The van der Waals surface area contributed by atoms with Gasteiger partial charge < -0.3 is 15.0 Å². The molecule has 2 aliphatic rings. The predicted octanol–water partition coefficient (Wildman–Crippen LogP) is 0.639. The van der Waals surface area contributed by atoms with Gasteiger partial charge in [0, 0.05) is 38.8 Å². The van der Waals surface area contributed by atoms with E-state index in [1.165, 1.54) is 39.0 Å². The van der Waals surface area contributed by atoms with Crippen molar-refractivity contribution >= 4 is 0 Å². The summed E-state index contributed by atoms with van der Waals surface area (Å²) in [6.45, 7) is 11.4. The van der Waals surface area contributed by atoms with Gasteiger partial charge in [0.15, 0.2) is 0 Å². The molecule has 0 amide bonds. The van der Waals surface area contributed by atoms with Crippen LogP contribution in [-0.2, 0) is 4.74 Å². The predicted molar refractivity (Wildman–Crippen MR) is 74.9 cm³/mol. The van der Waals surface area contributed by atoms with Crippen LogP contribution in [0, 0.1) is 5.92 Å². The van der Waals surface area contributed by atoms with E-state index in [-0.39, 0.29) is 0 Å². The molecule has 0 aromatic rings. The minimum atomic E-state index is 0.731. The molecule has 2 atom stereocenters. The highest BCUT2D eigenvalue weighted by Gasteiger charge is 2.26. The summed E-state index contributed by atoms with van der Waals surface area (Å²) in [4.78, 5) is 5.19. The molecule has 2 saturated heterocycles. The number of morpholine rings is 1. The Morgan fingerprint density at radius 3 is 2.50 bits per heavy atom. The molecule has 0 saturated carbocycles. The molecule has 2 unspecified atom stereocenters. The molecule has 0 bridgehead atoms. The maximum Gasteiger partial charge on any atom is 0.0594 e. The topological polar surface area (TPSA) is 27.7 Å². The van der Waals surface area contributed by atoms with Crippen LogP contribution in [0.1, 0.15) is 19.8 Å². The normalized spacial score (nSPS) is 31.7. The Hall–Kier alpha value is -0.160. The highest BCUT2D eigenvalue weighted by Crippen LogP contribution is 2.19. The van der Waals surface area contributed by atoms with E-state index in [0.717, 1.165) is 38.3 Å². The Balaban J connectivity index is 1.70. The van der Waals surface area contributed by atoms with E-state index >= 15 is 0 Å². The van der Waals surface area contributed by atoms with E-state index in [9.17, 15) is 0 Å². The molecule has 2 rings (SSSR count). The van der Waals surface area contributed by atoms with Gasteiger partial charge in [-0.15, -0.1) is 0 Å². The first-order chi connectivity index (χ1) is 8.83. The molecule has 2 aliphatic heterocycles. The average Bonchev–Trinajstić information content (AvgIpc) is 2.45. The van der Waals surface area contributed by atoms with Crippen LogP contribution in [-0.4, -0.2) is 75.4 Å². The number of nitrogens with one attached hydrogen (secondary N) is 1. The summed E-state index contributed by atoms with van der Waals surface area (Å²) in [7, 11) is 2.11. The minimum absolute atomic E-state index is 0.731. The quantitative estimate of drug-likeness (QED) is 0.780. The van der Waals surface area contributed by atoms with Crippen molar-refractivity contribution in [2.75, 3.05) is 59.5 Å². The highest BCUT2D eigenvalue weighted by molar-refractivity contribution is 4.84. The second-order valence-corrected chi connectivity index (χ2v) is 5.61. The molecule has 106 valence electrons. The van der Waals surface area contributed by atoms with Crippen LogP contribution >= 0.6 is 0 Å². The summed E-state index contributed by atoms with van der Waals surface area (Å²) in [5, 5.41) is 3.48. The van der Waals surface area contributed by atoms with Crippen LogP contribution in [0.3, 0.4) is 0 Å². The first-order valence-corrected chi connectivity index (χ1v) is 7.53. The van der Waals surface area contributed by atoms with Crippen LogP contribution < -0.4 is 5.32 Å². The molecule has 0 aromatic heterocycles. The van der Waals surface area contributed by atoms with Crippen LogP contribution in [0.2, 0.25) is 0 Å². The van der Waals surface area contributed by atoms with E-state index < -0.39 is 0 Å². The number of hydrogen-bond acceptors (Lipinski definition) is 4. The lowest BCUT2D eigenvalue weighted by atomic mass is 9.90. The number of likely N-dealkylation sites (tertiary alicyclic amines) is 1. The third-order valence-corrected chi connectivity index (χ3v) is 4.55. The summed E-state index contributed by atoms with van der Waals surface area (Å²) in [5.74, 6) is 0.827. The zero-order chi connectivity index (χ0) is 12.8. The van der Waals surface area contributed by atoms with Crippen molar-refractivity contribution in [3.63, 3.8) is 0 Å². The Morgan fingerprint density at radius 1 is 1.11 bits per heavy atom. The molecular formula is C14H29N3O. The molecule has 1 N–H and O–H groups in total. The highest BCUT2D eigenvalue weighted by atomic mass is 16.5. The number of hydrogen-bond donors (Lipinski definition) is 1. The van der Waals surface area contributed by atoms with Gasteiger partial charge in [-0.25, -0.2) is 0 Å². The minimum Gasteiger partial charge on any atom is -0.379 e. The van der Waals surface area contributed by atoms with E-state index in [1.54, 1.807) is 0 Å². The van der Waals surface area contributed by atoms with Crippen molar-refractivity contribution < 1.29 is 4.74 Å². The first-order valence-electron chi connectivity index (χ1n) is 7.53. The zero-order valence-electron chi connectivity index (χ0n) is 12.0. The molecule has 0 radical (unpaired) electrons. The number of piperidine rings is 1. The van der Waals surface area contributed by atoms with Crippen molar-refractivity contribution in [2.24, 2.45) is 5.92 Å². The van der Waals surface area contributed by atoms with E-state index in [0.29, 0.717) is 0 Å². The Bertz CT molecular complexity index is 231. The van der Waals surface area contributed by atoms with Crippen molar-refractivity contribution in [2.45, 2.75) is 25.8 Å². The largest absolute Gasteiger partial charge is 0.379 e. The van der Waals surface area contributed by atoms with E-state index in [4.69, 9.17) is 4.74 Å². The monoisotopic (exact) mass is 255 g/mol. The van der Waals surface area contributed by atoms with Gasteiger partial charge >= 0.3 is 0 Å². The Morgan fingerprint density at radius 2 is 1.83 bits per heavy atom. The molecule has 2 fully saturated rings. The molecule has 4 nitrogen and oxygen atoms in total. The van der Waals surface area contributed by atoms with Crippen molar-refractivity contribution in [1.82, 2.24) is 15.1 Å². The summed E-state index contributed by atoms with van der Waals surface area (Å²) >= 11 is 0. The van der Waals surface area contributed by atoms with Gasteiger partial charge in [-0.05, 0) is 25.9 Å². The first kappa shape index (κ1) is 14.3. The molecule has 18 heavy (non-hydrogen) atoms. The lowest BCUT2D eigenvalue weighted by Crippen LogP contribution is -2.50. The van der Waals surface area contributed by atoms with E-state index in [2.05, 4.69) is 29.1 Å². The molecule has 0 aromatic carbocycles. The van der Waals surface area contributed by atoms with Gasteiger partial charge in [-0.3, -0.25) is 4.90 Å². The smallest absolute Gasteiger partial charge is 0.0594 e. The third kappa shape index (κ3) is 3.92. The van der Waals surface area contributed by atoms with Gasteiger partial charge in [-0.1, -0.05) is 13.3 Å². The summed E-state index contributed by atoms with van der Waals surface area (Å²) in [6, 6.07) is 0.731. The molecule has 0 aliphatic carbocycles. The fraction of sp³-hybridized carbons (Fsp3) is 1.00. The lowest BCUT2D eigenvalue weighted by Gasteiger charge is -2.39. The maximum atomic E-state index is 5.39. The van der Waals surface area contributed by atoms with Gasteiger partial charge in [0.25, 0.3) is 0 Å². The van der Waals surface area contributed by atoms with Crippen LogP contribution in [0.15, 0.2) is 0 Å².